The smallest absolute Gasteiger partial charge is 0.219 e. The van der Waals surface area contributed by atoms with E-state index in [2.05, 4.69) is 19.2 Å². The molecule has 1 saturated carbocycles. The van der Waals surface area contributed by atoms with Gasteiger partial charge in [0.2, 0.25) is 5.91 Å². The highest BCUT2D eigenvalue weighted by molar-refractivity contribution is 5.75. The molecule has 0 saturated heterocycles. The predicted octanol–water partition coefficient (Wildman–Crippen LogP) is 2.48. The van der Waals surface area contributed by atoms with Crippen LogP contribution in [0, 0.1) is 5.41 Å². The first kappa shape index (κ1) is 10.6. The number of hydrogen-bond acceptors (Lipinski definition) is 1. The molecule has 13 heavy (non-hydrogen) atoms. The predicted molar refractivity (Wildman–Crippen MR) is 54.5 cm³/mol. The highest BCUT2D eigenvalue weighted by atomic mass is 16.1. The fourth-order valence-corrected chi connectivity index (χ4v) is 2.15. The Balaban J connectivity index is 2.39. The fraction of sp³-hybridized carbons (Fsp3) is 0.909. The molecule has 0 bridgehead atoms. The van der Waals surface area contributed by atoms with Crippen molar-refractivity contribution in [1.29, 1.82) is 0 Å². The van der Waals surface area contributed by atoms with E-state index in [0.717, 1.165) is 12.8 Å². The lowest BCUT2D eigenvalue weighted by atomic mass is 9.75. The Labute approximate surface area is 81.1 Å². The summed E-state index contributed by atoms with van der Waals surface area (Å²) in [7, 11) is 0. The molecule has 1 atom stereocenters. The van der Waals surface area contributed by atoms with Crippen LogP contribution in [-0.4, -0.2) is 11.9 Å². The van der Waals surface area contributed by atoms with Gasteiger partial charge in [-0.2, -0.15) is 0 Å². The molecule has 0 aromatic carbocycles. The molecular formula is C11H21NO. The largest absolute Gasteiger partial charge is 0.353 e. The second kappa shape index (κ2) is 4.12. The first-order valence-corrected chi connectivity index (χ1v) is 5.33. The van der Waals surface area contributed by atoms with E-state index < -0.39 is 0 Å². The maximum Gasteiger partial charge on any atom is 0.219 e. The van der Waals surface area contributed by atoms with Gasteiger partial charge >= 0.3 is 0 Å². The molecule has 0 heterocycles. The lowest BCUT2D eigenvalue weighted by molar-refractivity contribution is -0.121. The number of amides is 1. The van der Waals surface area contributed by atoms with E-state index in [0.29, 0.717) is 17.9 Å². The van der Waals surface area contributed by atoms with Crippen LogP contribution in [0.2, 0.25) is 0 Å². The SMILES string of the molecule is CCC(=O)NC1CCCC(C)(C)C1. The molecule has 1 aliphatic rings. The van der Waals surface area contributed by atoms with Crippen molar-refractivity contribution < 1.29 is 4.79 Å². The molecule has 1 aliphatic carbocycles. The Kier molecular flexibility index (Phi) is 3.34. The van der Waals surface area contributed by atoms with Crippen molar-refractivity contribution in [1.82, 2.24) is 5.32 Å². The van der Waals surface area contributed by atoms with E-state index in [1.54, 1.807) is 0 Å². The maximum absolute atomic E-state index is 11.2. The quantitative estimate of drug-likeness (QED) is 0.700. The van der Waals surface area contributed by atoms with E-state index in [1.165, 1.54) is 12.8 Å². The Hall–Kier alpha value is -0.530. The molecule has 2 nitrogen and oxygen atoms in total. The van der Waals surface area contributed by atoms with Crippen molar-refractivity contribution in [3.63, 3.8) is 0 Å². The maximum atomic E-state index is 11.2. The van der Waals surface area contributed by atoms with Gasteiger partial charge in [0, 0.05) is 12.5 Å². The van der Waals surface area contributed by atoms with E-state index in [4.69, 9.17) is 0 Å². The third-order valence-electron chi connectivity index (χ3n) is 2.89. The average molecular weight is 183 g/mol. The fourth-order valence-electron chi connectivity index (χ4n) is 2.15. The second-order valence-corrected chi connectivity index (χ2v) is 4.88. The van der Waals surface area contributed by atoms with Gasteiger partial charge in [0.25, 0.3) is 0 Å². The summed E-state index contributed by atoms with van der Waals surface area (Å²) in [6, 6.07) is 0.427. The summed E-state index contributed by atoms with van der Waals surface area (Å²) in [5.41, 5.74) is 0.421. The van der Waals surface area contributed by atoms with Gasteiger partial charge in [-0.1, -0.05) is 27.2 Å². The van der Waals surface area contributed by atoms with Gasteiger partial charge in [-0.25, -0.2) is 0 Å². The molecule has 0 radical (unpaired) electrons. The Morgan fingerprint density at radius 2 is 2.23 bits per heavy atom. The Bertz CT molecular complexity index is 187. The van der Waals surface area contributed by atoms with E-state index >= 15 is 0 Å². The van der Waals surface area contributed by atoms with Crippen LogP contribution in [0.4, 0.5) is 0 Å². The van der Waals surface area contributed by atoms with Crippen LogP contribution in [-0.2, 0) is 4.79 Å². The third-order valence-corrected chi connectivity index (χ3v) is 2.89. The lowest BCUT2D eigenvalue weighted by Gasteiger charge is -2.35. The molecule has 0 aliphatic heterocycles. The Morgan fingerprint density at radius 3 is 2.77 bits per heavy atom. The van der Waals surface area contributed by atoms with Crippen molar-refractivity contribution >= 4 is 5.91 Å². The van der Waals surface area contributed by atoms with Gasteiger partial charge in [0.05, 0.1) is 0 Å². The molecular weight excluding hydrogens is 162 g/mol. The van der Waals surface area contributed by atoms with E-state index in [-0.39, 0.29) is 5.91 Å². The van der Waals surface area contributed by atoms with Gasteiger partial charge in [-0.05, 0) is 24.7 Å². The van der Waals surface area contributed by atoms with Gasteiger partial charge < -0.3 is 5.32 Å². The summed E-state index contributed by atoms with van der Waals surface area (Å²) in [5, 5.41) is 3.09. The lowest BCUT2D eigenvalue weighted by Crippen LogP contribution is -2.40. The molecule has 0 spiro atoms. The highest BCUT2D eigenvalue weighted by Crippen LogP contribution is 2.34. The standard InChI is InChI=1S/C11H21NO/c1-4-10(13)12-9-6-5-7-11(2,3)8-9/h9H,4-8H2,1-3H3,(H,12,13). The van der Waals surface area contributed by atoms with E-state index in [1.807, 2.05) is 6.92 Å². The van der Waals surface area contributed by atoms with Crippen LogP contribution in [0.1, 0.15) is 52.9 Å². The van der Waals surface area contributed by atoms with Gasteiger partial charge in [-0.15, -0.1) is 0 Å². The second-order valence-electron chi connectivity index (χ2n) is 4.88. The van der Waals surface area contributed by atoms with Gasteiger partial charge in [0.1, 0.15) is 0 Å². The first-order valence-electron chi connectivity index (χ1n) is 5.33. The zero-order chi connectivity index (χ0) is 9.90. The minimum atomic E-state index is 0.197. The van der Waals surface area contributed by atoms with Crippen molar-refractivity contribution in [2.45, 2.75) is 58.9 Å². The van der Waals surface area contributed by atoms with Crippen LogP contribution in [0.15, 0.2) is 0 Å². The van der Waals surface area contributed by atoms with Crippen LogP contribution in [0.3, 0.4) is 0 Å². The molecule has 1 fully saturated rings. The van der Waals surface area contributed by atoms with Crippen LogP contribution in [0.5, 0.6) is 0 Å². The summed E-state index contributed by atoms with van der Waals surface area (Å²) in [5.74, 6) is 0.197. The number of rotatable bonds is 2. The summed E-state index contributed by atoms with van der Waals surface area (Å²) in [6.07, 6.45) is 5.46. The summed E-state index contributed by atoms with van der Waals surface area (Å²) in [4.78, 5) is 11.2. The topological polar surface area (TPSA) is 29.1 Å². The van der Waals surface area contributed by atoms with Crippen molar-refractivity contribution in [3.05, 3.63) is 0 Å². The van der Waals surface area contributed by atoms with Crippen LogP contribution in [0.25, 0.3) is 0 Å². The first-order chi connectivity index (χ1) is 6.03. The number of carbonyl (C=O) groups is 1. The molecule has 1 amide bonds. The van der Waals surface area contributed by atoms with Crippen LogP contribution >= 0.6 is 0 Å². The Morgan fingerprint density at radius 1 is 1.54 bits per heavy atom. The molecule has 1 N–H and O–H groups in total. The molecule has 2 heteroatoms. The molecule has 76 valence electrons. The number of hydrogen-bond donors (Lipinski definition) is 1. The van der Waals surface area contributed by atoms with E-state index in [9.17, 15) is 4.79 Å². The highest BCUT2D eigenvalue weighted by Gasteiger charge is 2.28. The number of carbonyl (C=O) groups excluding carboxylic acids is 1. The molecule has 0 aromatic rings. The minimum Gasteiger partial charge on any atom is -0.353 e. The molecule has 0 aromatic heterocycles. The summed E-state index contributed by atoms with van der Waals surface area (Å²) >= 11 is 0. The number of nitrogens with one attached hydrogen (secondary N) is 1. The van der Waals surface area contributed by atoms with Gasteiger partial charge in [0.15, 0.2) is 0 Å². The molecule has 1 rings (SSSR count). The molecule has 1 unspecified atom stereocenters. The van der Waals surface area contributed by atoms with Gasteiger partial charge in [-0.3, -0.25) is 4.79 Å². The minimum absolute atomic E-state index is 0.197. The van der Waals surface area contributed by atoms with Crippen molar-refractivity contribution in [2.75, 3.05) is 0 Å². The zero-order valence-corrected chi connectivity index (χ0v) is 9.02. The normalized spacial score (nSPS) is 26.8. The third kappa shape index (κ3) is 3.37. The summed E-state index contributed by atoms with van der Waals surface area (Å²) in [6.45, 7) is 6.48. The monoisotopic (exact) mass is 183 g/mol. The van der Waals surface area contributed by atoms with Crippen molar-refractivity contribution in [2.24, 2.45) is 5.41 Å². The van der Waals surface area contributed by atoms with Crippen molar-refractivity contribution in [3.8, 4) is 0 Å². The average Bonchev–Trinajstić information content (AvgIpc) is 2.02. The van der Waals surface area contributed by atoms with Crippen LogP contribution < -0.4 is 5.32 Å². The summed E-state index contributed by atoms with van der Waals surface area (Å²) < 4.78 is 0. The zero-order valence-electron chi connectivity index (χ0n) is 9.02.